The highest BCUT2D eigenvalue weighted by molar-refractivity contribution is 7.91. The van der Waals surface area contributed by atoms with Crippen molar-refractivity contribution in [3.8, 4) is 5.69 Å². The van der Waals surface area contributed by atoms with Gasteiger partial charge in [-0.2, -0.15) is 18.3 Å². The zero-order valence-electron chi connectivity index (χ0n) is 22.0. The van der Waals surface area contributed by atoms with Crippen LogP contribution in [0.25, 0.3) is 16.6 Å². The Morgan fingerprint density at radius 3 is 2.10 bits per heavy atom. The zero-order valence-corrected chi connectivity index (χ0v) is 22.8. The van der Waals surface area contributed by atoms with Gasteiger partial charge < -0.3 is 4.90 Å². The van der Waals surface area contributed by atoms with E-state index in [0.717, 1.165) is 50.5 Å². The van der Waals surface area contributed by atoms with Gasteiger partial charge in [0.15, 0.2) is 5.03 Å². The average Bonchev–Trinajstić information content (AvgIpc) is 3.38. The Bertz CT molecular complexity index is 1780. The van der Waals surface area contributed by atoms with E-state index >= 15 is 0 Å². The summed E-state index contributed by atoms with van der Waals surface area (Å²) in [5.41, 5.74) is 1.79. The van der Waals surface area contributed by atoms with Gasteiger partial charge in [0.25, 0.3) is 0 Å². The summed E-state index contributed by atoms with van der Waals surface area (Å²) in [6.45, 7) is 4.04. The fourth-order valence-corrected chi connectivity index (χ4v) is 6.58. The molecule has 1 aliphatic heterocycles. The Balaban J connectivity index is 1.38. The summed E-state index contributed by atoms with van der Waals surface area (Å²) in [5.74, 6) is 0. The summed E-state index contributed by atoms with van der Waals surface area (Å²) in [6, 6.07) is 28.3. The highest BCUT2D eigenvalue weighted by Gasteiger charge is 2.32. The first kappa shape index (κ1) is 27.0. The molecule has 5 aromatic rings. The van der Waals surface area contributed by atoms with Crippen LogP contribution in [0.4, 0.5) is 18.9 Å². The van der Waals surface area contributed by atoms with Crippen molar-refractivity contribution in [3.05, 3.63) is 114 Å². The standard InChI is InChI=1S/C31H27F3N4O2S/c32-31(33,34)24-10-7-11-26(20-24)38-29-15-14-25(37-18-16-36(17-19-37)22-23-8-3-1-4-9-23)21-28(29)30(35-38)41(39,40)27-12-5-2-6-13-27/h1-15,20-21H,16-19,22H2. The third kappa shape index (κ3) is 5.45. The maximum Gasteiger partial charge on any atom is 0.416 e. The number of benzene rings is 4. The smallest absolute Gasteiger partial charge is 0.369 e. The highest BCUT2D eigenvalue weighted by atomic mass is 32.2. The third-order valence-electron chi connectivity index (χ3n) is 7.34. The molecule has 0 aliphatic carbocycles. The molecule has 10 heteroatoms. The van der Waals surface area contributed by atoms with Crippen molar-refractivity contribution in [1.82, 2.24) is 14.7 Å². The zero-order chi connectivity index (χ0) is 28.6. The van der Waals surface area contributed by atoms with Crippen molar-refractivity contribution in [3.63, 3.8) is 0 Å². The van der Waals surface area contributed by atoms with Gasteiger partial charge in [0.2, 0.25) is 9.84 Å². The minimum Gasteiger partial charge on any atom is -0.369 e. The molecule has 2 heterocycles. The fourth-order valence-electron chi connectivity index (χ4n) is 5.20. The van der Waals surface area contributed by atoms with Gasteiger partial charge in [-0.3, -0.25) is 4.90 Å². The topological polar surface area (TPSA) is 58.4 Å². The van der Waals surface area contributed by atoms with Crippen LogP contribution in [0.5, 0.6) is 0 Å². The van der Waals surface area contributed by atoms with Crippen LogP contribution in [0, 0.1) is 0 Å². The molecule has 6 rings (SSSR count). The summed E-state index contributed by atoms with van der Waals surface area (Å²) >= 11 is 0. The molecule has 210 valence electrons. The molecule has 41 heavy (non-hydrogen) atoms. The van der Waals surface area contributed by atoms with E-state index in [1.165, 1.54) is 34.5 Å². The largest absolute Gasteiger partial charge is 0.416 e. The summed E-state index contributed by atoms with van der Waals surface area (Å²) in [7, 11) is -4.06. The van der Waals surface area contributed by atoms with Gasteiger partial charge in [-0.1, -0.05) is 54.6 Å². The van der Waals surface area contributed by atoms with Crippen molar-refractivity contribution >= 4 is 26.4 Å². The number of alkyl halides is 3. The van der Waals surface area contributed by atoms with Gasteiger partial charge in [-0.05, 0) is 54.1 Å². The minimum absolute atomic E-state index is 0.0653. The van der Waals surface area contributed by atoms with Gasteiger partial charge in [0.05, 0.1) is 21.7 Å². The molecule has 0 radical (unpaired) electrons. The second-order valence-corrected chi connectivity index (χ2v) is 11.9. The van der Waals surface area contributed by atoms with E-state index in [9.17, 15) is 21.6 Å². The maximum atomic E-state index is 13.7. The van der Waals surface area contributed by atoms with E-state index in [-0.39, 0.29) is 15.6 Å². The van der Waals surface area contributed by atoms with E-state index in [0.29, 0.717) is 10.9 Å². The molecule has 0 unspecified atom stereocenters. The van der Waals surface area contributed by atoms with Crippen molar-refractivity contribution in [2.24, 2.45) is 0 Å². The number of anilines is 1. The SMILES string of the molecule is O=S(=O)(c1ccccc1)c1nn(-c2cccc(C(F)(F)F)c2)c2ccc(N3CCN(Cc4ccccc4)CC3)cc12. The van der Waals surface area contributed by atoms with E-state index in [1.807, 2.05) is 24.3 Å². The number of piperazine rings is 1. The lowest BCUT2D eigenvalue weighted by molar-refractivity contribution is -0.137. The molecule has 6 nitrogen and oxygen atoms in total. The molecular weight excluding hydrogens is 549 g/mol. The van der Waals surface area contributed by atoms with Crippen LogP contribution in [0.1, 0.15) is 11.1 Å². The van der Waals surface area contributed by atoms with E-state index in [2.05, 4.69) is 27.0 Å². The van der Waals surface area contributed by atoms with Crippen LogP contribution >= 0.6 is 0 Å². The first-order valence-electron chi connectivity index (χ1n) is 13.2. The quantitative estimate of drug-likeness (QED) is 0.241. The molecule has 1 fully saturated rings. The number of rotatable bonds is 6. The van der Waals surface area contributed by atoms with Crippen molar-refractivity contribution < 1.29 is 21.6 Å². The third-order valence-corrected chi connectivity index (χ3v) is 9.05. The minimum atomic E-state index is -4.55. The number of aromatic nitrogens is 2. The number of nitrogens with zero attached hydrogens (tertiary/aromatic N) is 4. The number of hydrogen-bond donors (Lipinski definition) is 0. The van der Waals surface area contributed by atoms with Crippen LogP contribution in [-0.2, 0) is 22.6 Å². The Hall–Kier alpha value is -4.15. The lowest BCUT2D eigenvalue weighted by Crippen LogP contribution is -2.45. The lowest BCUT2D eigenvalue weighted by Gasteiger charge is -2.36. The Morgan fingerprint density at radius 2 is 1.41 bits per heavy atom. The summed E-state index contributed by atoms with van der Waals surface area (Å²) < 4.78 is 69.2. The second-order valence-electron chi connectivity index (χ2n) is 10.0. The Morgan fingerprint density at radius 1 is 0.732 bits per heavy atom. The van der Waals surface area contributed by atoms with E-state index in [1.54, 1.807) is 30.3 Å². The van der Waals surface area contributed by atoms with Gasteiger partial charge in [-0.25, -0.2) is 13.1 Å². The van der Waals surface area contributed by atoms with Gasteiger partial charge in [-0.15, -0.1) is 0 Å². The number of fused-ring (bicyclic) bond motifs is 1. The lowest BCUT2D eigenvalue weighted by atomic mass is 10.1. The molecule has 0 bridgehead atoms. The molecular formula is C31H27F3N4O2S. The maximum absolute atomic E-state index is 13.7. The molecule has 1 saturated heterocycles. The average molecular weight is 577 g/mol. The summed E-state index contributed by atoms with van der Waals surface area (Å²) in [5, 5.41) is 4.57. The molecule has 0 amide bonds. The van der Waals surface area contributed by atoms with Crippen LogP contribution in [0.2, 0.25) is 0 Å². The first-order valence-corrected chi connectivity index (χ1v) is 14.7. The van der Waals surface area contributed by atoms with Crippen LogP contribution in [-0.4, -0.2) is 49.3 Å². The molecule has 0 spiro atoms. The van der Waals surface area contributed by atoms with Crippen molar-refractivity contribution in [2.75, 3.05) is 31.1 Å². The van der Waals surface area contributed by atoms with E-state index < -0.39 is 21.6 Å². The Kier molecular flexibility index (Phi) is 7.04. The predicted molar refractivity (Wildman–Crippen MR) is 152 cm³/mol. The normalized spacial score (nSPS) is 15.0. The molecule has 4 aromatic carbocycles. The van der Waals surface area contributed by atoms with Crippen LogP contribution in [0.3, 0.4) is 0 Å². The van der Waals surface area contributed by atoms with Crippen LogP contribution in [0.15, 0.2) is 113 Å². The summed E-state index contributed by atoms with van der Waals surface area (Å²) in [4.78, 5) is 4.64. The molecule has 1 aliphatic rings. The predicted octanol–water partition coefficient (Wildman–Crippen LogP) is 6.20. The fraction of sp³-hybridized carbons (Fsp3) is 0.194. The van der Waals surface area contributed by atoms with Gasteiger partial charge in [0.1, 0.15) is 0 Å². The second kappa shape index (κ2) is 10.7. The Labute approximate surface area is 236 Å². The molecule has 0 saturated carbocycles. The number of sulfone groups is 1. The molecule has 1 aromatic heterocycles. The van der Waals surface area contributed by atoms with E-state index in [4.69, 9.17) is 0 Å². The number of halogens is 3. The van der Waals surface area contributed by atoms with Crippen molar-refractivity contribution in [1.29, 1.82) is 0 Å². The van der Waals surface area contributed by atoms with Crippen molar-refractivity contribution in [2.45, 2.75) is 22.6 Å². The molecule has 0 N–H and O–H groups in total. The molecule has 0 atom stereocenters. The van der Waals surface area contributed by atoms with Gasteiger partial charge >= 0.3 is 6.18 Å². The highest BCUT2D eigenvalue weighted by Crippen LogP contribution is 2.35. The van der Waals surface area contributed by atoms with Gasteiger partial charge in [0, 0.05) is 43.8 Å². The number of hydrogen-bond acceptors (Lipinski definition) is 5. The monoisotopic (exact) mass is 576 g/mol. The summed E-state index contributed by atoms with van der Waals surface area (Å²) in [6.07, 6.45) is -4.55. The first-order chi connectivity index (χ1) is 19.7. The van der Waals surface area contributed by atoms with Crippen LogP contribution < -0.4 is 4.90 Å².